The van der Waals surface area contributed by atoms with Gasteiger partial charge in [0.25, 0.3) is 22.2 Å². The van der Waals surface area contributed by atoms with Crippen LogP contribution in [-0.4, -0.2) is 37.5 Å². The molecular weight excluding hydrogens is 450 g/mol. The van der Waals surface area contributed by atoms with E-state index in [9.17, 15) is 43.8 Å². The standard InChI is InChI=1S/C14H10F2N2O8S2.C2H6/c15-27(23,24)3-1-17-11(19)7-5-9-10(6-8(7)12(17)20)14(22)18(13(9)21)2-4-28(16,25)26;1-2/h5-6H,1-4H2;1-2H3. The van der Waals surface area contributed by atoms with E-state index in [1.165, 1.54) is 0 Å². The number of hydrogen-bond acceptors (Lipinski definition) is 8. The maximum Gasteiger partial charge on any atom is 0.304 e. The Labute approximate surface area is 168 Å². The number of nitrogens with zero attached hydrogens (tertiary/aromatic N) is 2. The first-order valence-corrected chi connectivity index (χ1v) is 11.7. The molecule has 10 nitrogen and oxygen atoms in total. The van der Waals surface area contributed by atoms with Gasteiger partial charge in [0.1, 0.15) is 0 Å². The number of fused-ring (bicyclic) bond motifs is 2. The molecule has 0 aliphatic rings. The highest BCUT2D eigenvalue weighted by Crippen LogP contribution is 2.14. The average Bonchev–Trinajstić information content (AvgIpc) is 3.02. The summed E-state index contributed by atoms with van der Waals surface area (Å²) < 4.78 is 68.7. The van der Waals surface area contributed by atoms with E-state index >= 15 is 0 Å². The molecule has 1 aromatic carbocycles. The zero-order valence-electron chi connectivity index (χ0n) is 15.7. The lowest BCUT2D eigenvalue weighted by atomic mass is 10.1. The molecule has 3 aromatic rings. The maximum absolute atomic E-state index is 12.7. The summed E-state index contributed by atoms with van der Waals surface area (Å²) in [6, 6.07) is 1.89. The molecule has 3 rings (SSSR count). The predicted molar refractivity (Wildman–Crippen MR) is 106 cm³/mol. The minimum absolute atomic E-state index is 0.291. The number of benzene rings is 1. The summed E-state index contributed by atoms with van der Waals surface area (Å²) in [5.74, 6) is -2.22. The lowest BCUT2D eigenvalue weighted by Gasteiger charge is -1.96. The van der Waals surface area contributed by atoms with Gasteiger partial charge in [-0.3, -0.25) is 28.3 Å². The second-order valence-electron chi connectivity index (χ2n) is 5.95. The fraction of sp³-hybridized carbons (Fsp3) is 0.375. The van der Waals surface area contributed by atoms with E-state index in [0.29, 0.717) is 9.13 Å². The van der Waals surface area contributed by atoms with Gasteiger partial charge in [0.05, 0.1) is 33.1 Å². The summed E-state index contributed by atoms with van der Waals surface area (Å²) in [6.07, 6.45) is 0. The van der Waals surface area contributed by atoms with Crippen LogP contribution in [0.25, 0.3) is 21.5 Å². The van der Waals surface area contributed by atoms with Crippen LogP contribution >= 0.6 is 0 Å². The van der Waals surface area contributed by atoms with E-state index in [1.54, 1.807) is 0 Å². The lowest BCUT2D eigenvalue weighted by Crippen LogP contribution is -2.28. The minimum atomic E-state index is -4.94. The zero-order chi connectivity index (χ0) is 23.0. The van der Waals surface area contributed by atoms with Crippen molar-refractivity contribution in [3.63, 3.8) is 0 Å². The fourth-order valence-electron chi connectivity index (χ4n) is 2.88. The van der Waals surface area contributed by atoms with Gasteiger partial charge in [0.15, 0.2) is 0 Å². The van der Waals surface area contributed by atoms with Crippen molar-refractivity contribution in [2.45, 2.75) is 26.9 Å². The van der Waals surface area contributed by atoms with Gasteiger partial charge < -0.3 is 0 Å². The molecule has 0 bridgehead atoms. The van der Waals surface area contributed by atoms with Crippen molar-refractivity contribution < 1.29 is 24.6 Å². The highest BCUT2D eigenvalue weighted by atomic mass is 32.3. The Morgan fingerprint density at radius 1 is 0.633 bits per heavy atom. The number of halogens is 2. The molecule has 0 aliphatic carbocycles. The summed E-state index contributed by atoms with van der Waals surface area (Å²) in [5.41, 5.74) is -3.90. The lowest BCUT2D eigenvalue weighted by molar-refractivity contribution is 0.541. The van der Waals surface area contributed by atoms with Gasteiger partial charge in [0, 0.05) is 13.1 Å². The zero-order valence-corrected chi connectivity index (χ0v) is 17.3. The number of hydrogen-bond donors (Lipinski definition) is 0. The molecule has 0 N–H and O–H groups in total. The highest BCUT2D eigenvalue weighted by Gasteiger charge is 2.21. The topological polar surface area (TPSA) is 146 Å². The Hall–Kier alpha value is -2.74. The first kappa shape index (κ1) is 23.5. The van der Waals surface area contributed by atoms with Crippen LogP contribution in [0, 0.1) is 0 Å². The molecule has 0 fully saturated rings. The third-order valence-electron chi connectivity index (χ3n) is 4.18. The van der Waals surface area contributed by atoms with Gasteiger partial charge in [-0.2, -0.15) is 16.8 Å². The van der Waals surface area contributed by atoms with E-state index in [4.69, 9.17) is 0 Å². The van der Waals surface area contributed by atoms with E-state index in [2.05, 4.69) is 0 Å². The second kappa shape index (κ2) is 8.18. The van der Waals surface area contributed by atoms with Crippen molar-refractivity contribution in [2.75, 3.05) is 11.5 Å². The Morgan fingerprint density at radius 3 is 1.07 bits per heavy atom. The monoisotopic (exact) mass is 466 g/mol. The van der Waals surface area contributed by atoms with E-state index in [-0.39, 0.29) is 21.5 Å². The maximum atomic E-state index is 12.7. The molecule has 14 heteroatoms. The fourth-order valence-corrected chi connectivity index (χ4v) is 3.68. The van der Waals surface area contributed by atoms with Gasteiger partial charge in [-0.05, 0) is 12.1 Å². The van der Waals surface area contributed by atoms with Crippen LogP contribution in [0.3, 0.4) is 0 Å². The summed E-state index contributed by atoms with van der Waals surface area (Å²) in [4.78, 5) is 49.2. The average molecular weight is 466 g/mol. The summed E-state index contributed by atoms with van der Waals surface area (Å²) in [6.45, 7) is 2.50. The Bertz CT molecular complexity index is 1350. The Balaban J connectivity index is 0.00000155. The van der Waals surface area contributed by atoms with Crippen LogP contribution in [0.5, 0.6) is 0 Å². The smallest absolute Gasteiger partial charge is 0.273 e. The van der Waals surface area contributed by atoms with Crippen molar-refractivity contribution >= 4 is 42.0 Å². The molecule has 2 heterocycles. The van der Waals surface area contributed by atoms with Crippen molar-refractivity contribution in [1.82, 2.24) is 9.13 Å². The molecule has 0 saturated carbocycles. The second-order valence-corrected chi connectivity index (χ2v) is 8.93. The van der Waals surface area contributed by atoms with Gasteiger partial charge in [-0.25, -0.2) is 0 Å². The van der Waals surface area contributed by atoms with Crippen LogP contribution in [-0.2, 0) is 33.5 Å². The Morgan fingerprint density at radius 2 is 0.867 bits per heavy atom. The van der Waals surface area contributed by atoms with Crippen LogP contribution in [0.4, 0.5) is 7.77 Å². The first-order chi connectivity index (χ1) is 13.8. The minimum Gasteiger partial charge on any atom is -0.273 e. The van der Waals surface area contributed by atoms with E-state index in [0.717, 1.165) is 12.1 Å². The Kier molecular flexibility index (Phi) is 6.42. The molecule has 2 aromatic heterocycles. The third-order valence-corrected chi connectivity index (χ3v) is 5.52. The summed E-state index contributed by atoms with van der Waals surface area (Å²) in [5, 5.41) is -1.16. The number of aromatic nitrogens is 2. The molecule has 0 radical (unpaired) electrons. The van der Waals surface area contributed by atoms with Crippen molar-refractivity contribution in [3.05, 3.63) is 53.5 Å². The largest absolute Gasteiger partial charge is 0.304 e. The predicted octanol–water partition coefficient (Wildman–Crippen LogP) is -0.463. The van der Waals surface area contributed by atoms with E-state index in [1.807, 2.05) is 13.8 Å². The van der Waals surface area contributed by atoms with Gasteiger partial charge in [0.2, 0.25) is 0 Å². The molecule has 0 saturated heterocycles. The molecule has 30 heavy (non-hydrogen) atoms. The summed E-state index contributed by atoms with van der Waals surface area (Å²) in [7, 11) is -9.88. The first-order valence-electron chi connectivity index (χ1n) is 8.55. The van der Waals surface area contributed by atoms with Crippen LogP contribution in [0.2, 0.25) is 0 Å². The molecule has 0 atom stereocenters. The summed E-state index contributed by atoms with van der Waals surface area (Å²) >= 11 is 0. The molecule has 164 valence electrons. The SMILES string of the molecule is CC.O=c1c2cc3c(=O)n(CCS(=O)(=O)F)c(=O)c3cc2c(=O)n1CCS(=O)(=O)F. The molecule has 0 amide bonds. The normalized spacial score (nSPS) is 12.3. The van der Waals surface area contributed by atoms with Gasteiger partial charge >= 0.3 is 20.4 Å². The van der Waals surface area contributed by atoms with Crippen LogP contribution < -0.4 is 22.2 Å². The molecule has 0 unspecified atom stereocenters. The van der Waals surface area contributed by atoms with Crippen LogP contribution in [0.1, 0.15) is 13.8 Å². The highest BCUT2D eigenvalue weighted by molar-refractivity contribution is 7.86. The van der Waals surface area contributed by atoms with Crippen molar-refractivity contribution in [3.8, 4) is 0 Å². The van der Waals surface area contributed by atoms with Crippen molar-refractivity contribution in [1.29, 1.82) is 0 Å². The van der Waals surface area contributed by atoms with E-state index < -0.39 is 67.3 Å². The van der Waals surface area contributed by atoms with Crippen molar-refractivity contribution in [2.24, 2.45) is 0 Å². The molecule has 0 spiro atoms. The van der Waals surface area contributed by atoms with Gasteiger partial charge in [-0.15, -0.1) is 7.77 Å². The molecular formula is C16H16F2N2O8S2. The number of rotatable bonds is 6. The molecule has 0 aliphatic heterocycles. The van der Waals surface area contributed by atoms with Crippen LogP contribution in [0.15, 0.2) is 31.3 Å². The quantitative estimate of drug-likeness (QED) is 0.444. The third kappa shape index (κ3) is 4.53. The van der Waals surface area contributed by atoms with Gasteiger partial charge in [-0.1, -0.05) is 13.8 Å².